The van der Waals surface area contributed by atoms with Crippen molar-refractivity contribution in [3.05, 3.63) is 59.7 Å². The van der Waals surface area contributed by atoms with E-state index in [-0.39, 0.29) is 17.7 Å². The van der Waals surface area contributed by atoms with Gasteiger partial charge in [0.15, 0.2) is 0 Å². The van der Waals surface area contributed by atoms with Crippen molar-refractivity contribution >= 4 is 41.0 Å². The molecule has 4 rings (SSSR count). The van der Waals surface area contributed by atoms with Gasteiger partial charge in [0.1, 0.15) is 0 Å². The van der Waals surface area contributed by atoms with Gasteiger partial charge in [-0.05, 0) is 67.0 Å². The van der Waals surface area contributed by atoms with Crippen LogP contribution in [0.15, 0.2) is 53.4 Å². The molecule has 2 aromatic carbocycles. The van der Waals surface area contributed by atoms with Gasteiger partial charge in [-0.3, -0.25) is 9.59 Å². The zero-order valence-electron chi connectivity index (χ0n) is 15.3. The second kappa shape index (κ2) is 7.61. The van der Waals surface area contributed by atoms with E-state index in [1.54, 1.807) is 17.8 Å². The molecule has 2 amide bonds. The number of rotatable bonds is 5. The average molecular weight is 378 g/mol. The Kier molecular flexibility index (Phi) is 5.03. The molecule has 138 valence electrons. The fourth-order valence-corrected chi connectivity index (χ4v) is 3.72. The molecular formula is C22H22N2O2S. The maximum absolute atomic E-state index is 12.4. The molecule has 0 atom stereocenters. The lowest BCUT2D eigenvalue weighted by Gasteiger charge is -2.17. The predicted octanol–water partition coefficient (Wildman–Crippen LogP) is 4.36. The first-order valence-electron chi connectivity index (χ1n) is 9.21. The molecule has 0 radical (unpaired) electrons. The Morgan fingerprint density at radius 3 is 2.63 bits per heavy atom. The van der Waals surface area contributed by atoms with Crippen LogP contribution in [0, 0.1) is 5.92 Å². The summed E-state index contributed by atoms with van der Waals surface area (Å²) in [4.78, 5) is 27.8. The van der Waals surface area contributed by atoms with E-state index < -0.39 is 0 Å². The molecule has 2 aliphatic rings. The van der Waals surface area contributed by atoms with Crippen LogP contribution in [0.2, 0.25) is 0 Å². The maximum atomic E-state index is 12.4. The Hall–Kier alpha value is -2.53. The summed E-state index contributed by atoms with van der Waals surface area (Å²) in [5.41, 5.74) is 3.82. The van der Waals surface area contributed by atoms with Crippen LogP contribution in [0.3, 0.4) is 0 Å². The molecule has 0 saturated heterocycles. The third-order valence-electron chi connectivity index (χ3n) is 4.98. The smallest absolute Gasteiger partial charge is 0.248 e. The van der Waals surface area contributed by atoms with Crippen molar-refractivity contribution in [1.82, 2.24) is 0 Å². The van der Waals surface area contributed by atoms with Crippen LogP contribution >= 0.6 is 11.8 Å². The number of nitrogens with zero attached hydrogens (tertiary/aromatic N) is 1. The Bertz CT molecular complexity index is 901. The molecular weight excluding hydrogens is 356 g/mol. The van der Waals surface area contributed by atoms with Crippen LogP contribution in [0.4, 0.5) is 11.4 Å². The van der Waals surface area contributed by atoms with E-state index in [2.05, 4.69) is 5.32 Å². The zero-order chi connectivity index (χ0) is 18.8. The molecule has 5 heteroatoms. The number of fused-ring (bicyclic) bond motifs is 1. The van der Waals surface area contributed by atoms with E-state index in [4.69, 9.17) is 0 Å². The summed E-state index contributed by atoms with van der Waals surface area (Å²) < 4.78 is 0. The van der Waals surface area contributed by atoms with E-state index in [9.17, 15) is 9.59 Å². The van der Waals surface area contributed by atoms with Crippen LogP contribution < -0.4 is 10.2 Å². The highest BCUT2D eigenvalue weighted by Crippen LogP contribution is 2.37. The lowest BCUT2D eigenvalue weighted by atomic mass is 10.1. The highest BCUT2D eigenvalue weighted by Gasteiger charge is 2.36. The first-order chi connectivity index (χ1) is 13.1. The number of benzene rings is 2. The van der Waals surface area contributed by atoms with Crippen molar-refractivity contribution in [2.45, 2.75) is 24.2 Å². The number of hydrogen-bond donors (Lipinski definition) is 1. The van der Waals surface area contributed by atoms with E-state index >= 15 is 0 Å². The first-order valence-corrected chi connectivity index (χ1v) is 10.4. The molecule has 1 aliphatic carbocycles. The molecule has 0 spiro atoms. The monoisotopic (exact) mass is 378 g/mol. The number of carbonyl (C=O) groups excluding carboxylic acids is 2. The largest absolute Gasteiger partial charge is 0.322 e. The minimum atomic E-state index is -0.179. The van der Waals surface area contributed by atoms with Gasteiger partial charge in [-0.15, -0.1) is 11.8 Å². The van der Waals surface area contributed by atoms with Gasteiger partial charge in [-0.25, -0.2) is 0 Å². The fourth-order valence-electron chi connectivity index (χ4n) is 3.31. The third-order valence-corrected chi connectivity index (χ3v) is 5.73. The SMILES string of the molecule is CSc1ccc(/C=C/C(=O)Nc2ccc3c(c2)N(C(=O)C2CC2)CC3)cc1. The molecule has 27 heavy (non-hydrogen) atoms. The van der Waals surface area contributed by atoms with Crippen molar-refractivity contribution in [2.75, 3.05) is 23.0 Å². The predicted molar refractivity (Wildman–Crippen MR) is 111 cm³/mol. The van der Waals surface area contributed by atoms with Gasteiger partial charge >= 0.3 is 0 Å². The van der Waals surface area contributed by atoms with E-state index in [1.807, 2.05) is 53.6 Å². The summed E-state index contributed by atoms with van der Waals surface area (Å²) in [6, 6.07) is 13.9. The van der Waals surface area contributed by atoms with E-state index in [0.717, 1.165) is 42.7 Å². The average Bonchev–Trinajstić information content (AvgIpc) is 3.46. The number of hydrogen-bond acceptors (Lipinski definition) is 3. The minimum Gasteiger partial charge on any atom is -0.322 e. The summed E-state index contributed by atoms with van der Waals surface area (Å²) in [5, 5.41) is 2.90. The van der Waals surface area contributed by atoms with Gasteiger partial charge in [0.05, 0.1) is 0 Å². The second-order valence-electron chi connectivity index (χ2n) is 6.95. The van der Waals surface area contributed by atoms with Gasteiger partial charge in [0, 0.05) is 34.8 Å². The Balaban J connectivity index is 1.43. The van der Waals surface area contributed by atoms with Gasteiger partial charge in [0.2, 0.25) is 11.8 Å². The summed E-state index contributed by atoms with van der Waals surface area (Å²) >= 11 is 1.69. The molecule has 1 saturated carbocycles. The van der Waals surface area contributed by atoms with Gasteiger partial charge in [-0.2, -0.15) is 0 Å². The van der Waals surface area contributed by atoms with Crippen molar-refractivity contribution in [3.63, 3.8) is 0 Å². The van der Waals surface area contributed by atoms with Crippen LogP contribution in [0.25, 0.3) is 6.08 Å². The first kappa shape index (κ1) is 17.9. The number of thioether (sulfide) groups is 1. The normalized spacial score (nSPS) is 15.8. The molecule has 0 unspecified atom stereocenters. The molecule has 0 bridgehead atoms. The molecule has 1 aliphatic heterocycles. The van der Waals surface area contributed by atoms with Gasteiger partial charge in [0.25, 0.3) is 0 Å². The molecule has 1 fully saturated rings. The quantitative estimate of drug-likeness (QED) is 0.621. The zero-order valence-corrected chi connectivity index (χ0v) is 16.1. The summed E-state index contributed by atoms with van der Waals surface area (Å²) in [5.74, 6) is 0.252. The number of nitrogens with one attached hydrogen (secondary N) is 1. The Morgan fingerprint density at radius 1 is 1.15 bits per heavy atom. The lowest BCUT2D eigenvalue weighted by Crippen LogP contribution is -2.30. The second-order valence-corrected chi connectivity index (χ2v) is 7.83. The van der Waals surface area contributed by atoms with Crippen molar-refractivity contribution < 1.29 is 9.59 Å². The van der Waals surface area contributed by atoms with Crippen LogP contribution in [-0.2, 0) is 16.0 Å². The highest BCUT2D eigenvalue weighted by molar-refractivity contribution is 7.98. The number of carbonyl (C=O) groups is 2. The number of anilines is 2. The number of amides is 2. The molecule has 1 N–H and O–H groups in total. The van der Waals surface area contributed by atoms with Crippen molar-refractivity contribution in [3.8, 4) is 0 Å². The highest BCUT2D eigenvalue weighted by atomic mass is 32.2. The van der Waals surface area contributed by atoms with Crippen LogP contribution in [0.5, 0.6) is 0 Å². The maximum Gasteiger partial charge on any atom is 0.248 e. The lowest BCUT2D eigenvalue weighted by molar-refractivity contribution is -0.119. The summed E-state index contributed by atoms with van der Waals surface area (Å²) in [7, 11) is 0. The van der Waals surface area contributed by atoms with Gasteiger partial charge < -0.3 is 10.2 Å². The van der Waals surface area contributed by atoms with Crippen LogP contribution in [-0.4, -0.2) is 24.6 Å². The van der Waals surface area contributed by atoms with Crippen molar-refractivity contribution in [2.24, 2.45) is 5.92 Å². The third kappa shape index (κ3) is 4.08. The Labute approximate surface area is 163 Å². The van der Waals surface area contributed by atoms with Gasteiger partial charge in [-0.1, -0.05) is 18.2 Å². The summed E-state index contributed by atoms with van der Waals surface area (Å²) in [6.07, 6.45) is 8.26. The molecule has 4 nitrogen and oxygen atoms in total. The van der Waals surface area contributed by atoms with E-state index in [0.29, 0.717) is 0 Å². The van der Waals surface area contributed by atoms with Crippen molar-refractivity contribution in [1.29, 1.82) is 0 Å². The molecule has 0 aromatic heterocycles. The summed E-state index contributed by atoms with van der Waals surface area (Å²) in [6.45, 7) is 0.744. The minimum absolute atomic E-state index is 0.179. The van der Waals surface area contributed by atoms with E-state index in [1.165, 1.54) is 16.5 Å². The molecule has 2 aromatic rings. The Morgan fingerprint density at radius 2 is 1.93 bits per heavy atom. The molecule has 1 heterocycles. The van der Waals surface area contributed by atoms with Crippen LogP contribution in [0.1, 0.15) is 24.0 Å². The fraction of sp³-hybridized carbons (Fsp3) is 0.273. The standard InChI is InChI=1S/C22H22N2O2S/c1-27-19-9-2-15(3-10-19)4-11-21(25)23-18-8-7-16-12-13-24(20(16)14-18)22(26)17-5-6-17/h2-4,7-11,14,17H,5-6,12-13H2,1H3,(H,23,25)/b11-4+. The topological polar surface area (TPSA) is 49.4 Å².